The van der Waals surface area contributed by atoms with Crippen LogP contribution in [0.25, 0.3) is 0 Å². The van der Waals surface area contributed by atoms with Crippen LogP contribution in [-0.2, 0) is 6.42 Å². The first-order chi connectivity index (χ1) is 10.2. The highest BCUT2D eigenvalue weighted by molar-refractivity contribution is 9.10. The molecule has 1 aromatic heterocycles. The van der Waals surface area contributed by atoms with Crippen molar-refractivity contribution in [2.24, 2.45) is 0 Å². The van der Waals surface area contributed by atoms with Gasteiger partial charge in [-0.1, -0.05) is 13.0 Å². The maximum absolute atomic E-state index is 5.40. The molecule has 0 radical (unpaired) electrons. The molecule has 21 heavy (non-hydrogen) atoms. The van der Waals surface area contributed by atoms with Crippen LogP contribution in [-0.4, -0.2) is 20.8 Å². The van der Waals surface area contributed by atoms with E-state index in [-0.39, 0.29) is 6.04 Å². The topological polar surface area (TPSA) is 30.5 Å². The second-order valence-electron chi connectivity index (χ2n) is 4.66. The van der Waals surface area contributed by atoms with Gasteiger partial charge in [0.25, 0.3) is 0 Å². The molecule has 3 nitrogen and oxygen atoms in total. The first kappa shape index (κ1) is 16.3. The zero-order valence-electron chi connectivity index (χ0n) is 12.5. The van der Waals surface area contributed by atoms with Gasteiger partial charge in [0.1, 0.15) is 0 Å². The average Bonchev–Trinajstić information content (AvgIpc) is 2.91. The molecule has 114 valence electrons. The lowest BCUT2D eigenvalue weighted by Gasteiger charge is -2.19. The van der Waals surface area contributed by atoms with Gasteiger partial charge in [-0.15, -0.1) is 11.3 Å². The van der Waals surface area contributed by atoms with Crippen molar-refractivity contribution in [2.75, 3.05) is 20.8 Å². The summed E-state index contributed by atoms with van der Waals surface area (Å²) in [4.78, 5) is 1.35. The molecule has 1 heterocycles. The molecular formula is C16H20BrNO2S. The summed E-state index contributed by atoms with van der Waals surface area (Å²) in [5, 5.41) is 5.66. The van der Waals surface area contributed by atoms with Crippen LogP contribution in [0.1, 0.15) is 23.4 Å². The predicted octanol–water partition coefficient (Wildman–Crippen LogP) is 4.42. The minimum absolute atomic E-state index is 0.264. The SMILES string of the molecule is CCNC(Cc1cc(Br)cs1)c1ccc(OC)c(OC)c1. The number of benzene rings is 1. The molecule has 0 aliphatic heterocycles. The zero-order valence-corrected chi connectivity index (χ0v) is 14.9. The van der Waals surface area contributed by atoms with Gasteiger partial charge < -0.3 is 14.8 Å². The maximum Gasteiger partial charge on any atom is 0.161 e. The van der Waals surface area contributed by atoms with Crippen LogP contribution in [0.4, 0.5) is 0 Å². The molecule has 0 aliphatic carbocycles. The Hall–Kier alpha value is -1.04. The van der Waals surface area contributed by atoms with Crippen molar-refractivity contribution >= 4 is 27.3 Å². The van der Waals surface area contributed by atoms with E-state index in [2.05, 4.69) is 51.7 Å². The lowest BCUT2D eigenvalue weighted by Crippen LogP contribution is -2.22. The highest BCUT2D eigenvalue weighted by atomic mass is 79.9. The van der Waals surface area contributed by atoms with Gasteiger partial charge in [0.2, 0.25) is 0 Å². The molecule has 2 rings (SSSR count). The van der Waals surface area contributed by atoms with Crippen molar-refractivity contribution in [3.05, 3.63) is 44.6 Å². The summed E-state index contributed by atoms with van der Waals surface area (Å²) < 4.78 is 11.8. The summed E-state index contributed by atoms with van der Waals surface area (Å²) in [6, 6.07) is 8.55. The average molecular weight is 370 g/mol. The van der Waals surface area contributed by atoms with Gasteiger partial charge in [-0.3, -0.25) is 0 Å². The first-order valence-electron chi connectivity index (χ1n) is 6.86. The van der Waals surface area contributed by atoms with Crippen molar-refractivity contribution in [3.8, 4) is 11.5 Å². The third-order valence-corrected chi connectivity index (χ3v) is 5.01. The minimum atomic E-state index is 0.264. The van der Waals surface area contributed by atoms with E-state index in [4.69, 9.17) is 9.47 Å². The van der Waals surface area contributed by atoms with Crippen molar-refractivity contribution in [2.45, 2.75) is 19.4 Å². The van der Waals surface area contributed by atoms with E-state index in [0.717, 1.165) is 28.9 Å². The molecule has 0 bridgehead atoms. The molecule has 0 amide bonds. The first-order valence-corrected chi connectivity index (χ1v) is 8.53. The summed E-state index contributed by atoms with van der Waals surface area (Å²) >= 11 is 5.29. The summed E-state index contributed by atoms with van der Waals surface area (Å²) in [5.41, 5.74) is 1.21. The van der Waals surface area contributed by atoms with Gasteiger partial charge in [-0.05, 0) is 46.2 Å². The number of rotatable bonds is 7. The number of ether oxygens (including phenoxy) is 2. The van der Waals surface area contributed by atoms with Gasteiger partial charge >= 0.3 is 0 Å². The van der Waals surface area contributed by atoms with Crippen molar-refractivity contribution in [1.82, 2.24) is 5.32 Å². The number of nitrogens with one attached hydrogen (secondary N) is 1. The van der Waals surface area contributed by atoms with Gasteiger partial charge in [0, 0.05) is 27.2 Å². The highest BCUT2D eigenvalue weighted by Gasteiger charge is 2.15. The Morgan fingerprint density at radius 2 is 1.95 bits per heavy atom. The lowest BCUT2D eigenvalue weighted by molar-refractivity contribution is 0.354. The molecular weight excluding hydrogens is 350 g/mol. The molecule has 1 aromatic carbocycles. The predicted molar refractivity (Wildman–Crippen MR) is 91.7 cm³/mol. The Bertz CT molecular complexity index is 585. The van der Waals surface area contributed by atoms with Crippen LogP contribution >= 0.6 is 27.3 Å². The molecule has 2 aromatic rings. The fraction of sp³-hybridized carbons (Fsp3) is 0.375. The second kappa shape index (κ2) is 7.82. The third-order valence-electron chi connectivity index (χ3n) is 3.29. The largest absolute Gasteiger partial charge is 0.493 e. The fourth-order valence-electron chi connectivity index (χ4n) is 2.29. The van der Waals surface area contributed by atoms with Crippen LogP contribution < -0.4 is 14.8 Å². The molecule has 0 saturated carbocycles. The molecule has 0 spiro atoms. The summed E-state index contributed by atoms with van der Waals surface area (Å²) in [6.45, 7) is 3.05. The van der Waals surface area contributed by atoms with Crippen LogP contribution in [0.3, 0.4) is 0 Å². The van der Waals surface area contributed by atoms with E-state index in [9.17, 15) is 0 Å². The number of halogens is 1. The molecule has 0 fully saturated rings. The quantitative estimate of drug-likeness (QED) is 0.783. The fourth-order valence-corrected chi connectivity index (χ4v) is 3.78. The molecule has 1 atom stereocenters. The molecule has 0 aliphatic rings. The van der Waals surface area contributed by atoms with E-state index in [1.54, 1.807) is 25.6 Å². The Morgan fingerprint density at radius 3 is 2.52 bits per heavy atom. The molecule has 5 heteroatoms. The lowest BCUT2D eigenvalue weighted by atomic mass is 10.0. The van der Waals surface area contributed by atoms with Crippen LogP contribution in [0.15, 0.2) is 34.1 Å². The Morgan fingerprint density at radius 1 is 1.19 bits per heavy atom. The van der Waals surface area contributed by atoms with Gasteiger partial charge in [-0.2, -0.15) is 0 Å². The second-order valence-corrected chi connectivity index (χ2v) is 6.57. The van der Waals surface area contributed by atoms with Crippen LogP contribution in [0, 0.1) is 0 Å². The molecule has 1 N–H and O–H groups in total. The van der Waals surface area contributed by atoms with E-state index in [0.29, 0.717) is 0 Å². The van der Waals surface area contributed by atoms with Crippen molar-refractivity contribution in [1.29, 1.82) is 0 Å². The smallest absolute Gasteiger partial charge is 0.161 e. The standard InChI is InChI=1S/C16H20BrNO2S/c1-4-18-14(9-13-8-12(17)10-21-13)11-5-6-15(19-2)16(7-11)20-3/h5-8,10,14,18H,4,9H2,1-3H3. The number of hydrogen-bond acceptors (Lipinski definition) is 4. The summed E-state index contributed by atoms with van der Waals surface area (Å²) in [7, 11) is 3.32. The summed E-state index contributed by atoms with van der Waals surface area (Å²) in [6.07, 6.45) is 0.958. The monoisotopic (exact) mass is 369 g/mol. The van der Waals surface area contributed by atoms with E-state index in [1.807, 2.05) is 6.07 Å². The van der Waals surface area contributed by atoms with Gasteiger partial charge in [-0.25, -0.2) is 0 Å². The summed E-state index contributed by atoms with van der Waals surface area (Å²) in [5.74, 6) is 1.53. The molecule has 1 unspecified atom stereocenters. The highest BCUT2D eigenvalue weighted by Crippen LogP contribution is 2.32. The van der Waals surface area contributed by atoms with E-state index < -0.39 is 0 Å². The Kier molecular flexibility index (Phi) is 6.08. The van der Waals surface area contributed by atoms with Gasteiger partial charge in [0.05, 0.1) is 14.2 Å². The van der Waals surface area contributed by atoms with E-state index >= 15 is 0 Å². The maximum atomic E-state index is 5.40. The van der Waals surface area contributed by atoms with Crippen molar-refractivity contribution < 1.29 is 9.47 Å². The van der Waals surface area contributed by atoms with Gasteiger partial charge in [0.15, 0.2) is 11.5 Å². The normalized spacial score (nSPS) is 12.2. The van der Waals surface area contributed by atoms with Crippen molar-refractivity contribution in [3.63, 3.8) is 0 Å². The molecule has 0 saturated heterocycles. The van der Waals surface area contributed by atoms with Crippen LogP contribution in [0.5, 0.6) is 11.5 Å². The zero-order chi connectivity index (χ0) is 15.2. The van der Waals surface area contributed by atoms with E-state index in [1.165, 1.54) is 10.4 Å². The number of likely N-dealkylation sites (N-methyl/N-ethyl adjacent to an activating group) is 1. The Labute approximate surface area is 138 Å². The minimum Gasteiger partial charge on any atom is -0.493 e. The Balaban J connectivity index is 2.24. The van der Waals surface area contributed by atoms with Crippen LogP contribution in [0.2, 0.25) is 0 Å². The third kappa shape index (κ3) is 4.22. The number of hydrogen-bond donors (Lipinski definition) is 1. The number of thiophene rings is 1. The number of methoxy groups -OCH3 is 2.